The third kappa shape index (κ3) is 4.71. The predicted molar refractivity (Wildman–Crippen MR) is 91.1 cm³/mol. The fourth-order valence-corrected chi connectivity index (χ4v) is 2.81. The first kappa shape index (κ1) is 18.3. The Morgan fingerprint density at radius 3 is 2.50 bits per heavy atom. The third-order valence-electron chi connectivity index (χ3n) is 4.04. The summed E-state index contributed by atoms with van der Waals surface area (Å²) >= 11 is 0. The normalized spacial score (nSPS) is 19.2. The van der Waals surface area contributed by atoms with Crippen LogP contribution in [0.4, 0.5) is 4.79 Å². The zero-order chi connectivity index (χ0) is 17.9. The molecule has 1 saturated heterocycles. The Labute approximate surface area is 143 Å². The molecule has 1 amide bonds. The van der Waals surface area contributed by atoms with Gasteiger partial charge >= 0.3 is 12.1 Å². The SMILES string of the molecule is C[C@@H]1CN(C(=O)OC(C)(C)C)CCN1Cc1ccccc1C(=O)O. The molecule has 0 aromatic heterocycles. The van der Waals surface area contributed by atoms with Crippen molar-refractivity contribution in [3.05, 3.63) is 35.4 Å². The lowest BCUT2D eigenvalue weighted by Crippen LogP contribution is -2.54. The van der Waals surface area contributed by atoms with Crippen molar-refractivity contribution in [2.24, 2.45) is 0 Å². The molecule has 6 nitrogen and oxygen atoms in total. The molecule has 0 radical (unpaired) electrons. The van der Waals surface area contributed by atoms with Crippen molar-refractivity contribution < 1.29 is 19.4 Å². The van der Waals surface area contributed by atoms with Crippen LogP contribution in [-0.4, -0.2) is 58.2 Å². The second-order valence-electron chi connectivity index (χ2n) is 7.21. The van der Waals surface area contributed by atoms with E-state index in [1.807, 2.05) is 39.8 Å². The van der Waals surface area contributed by atoms with Gasteiger partial charge in [0.15, 0.2) is 0 Å². The molecule has 0 aliphatic carbocycles. The summed E-state index contributed by atoms with van der Waals surface area (Å²) in [4.78, 5) is 27.4. The first-order valence-electron chi connectivity index (χ1n) is 8.20. The van der Waals surface area contributed by atoms with Crippen LogP contribution < -0.4 is 0 Å². The molecule has 2 rings (SSSR count). The number of carboxylic acid groups (broad SMARTS) is 1. The molecule has 0 spiro atoms. The van der Waals surface area contributed by atoms with Gasteiger partial charge in [0.25, 0.3) is 0 Å². The van der Waals surface area contributed by atoms with E-state index in [0.29, 0.717) is 31.7 Å². The van der Waals surface area contributed by atoms with Crippen LogP contribution in [0.15, 0.2) is 24.3 Å². The van der Waals surface area contributed by atoms with Gasteiger partial charge in [-0.2, -0.15) is 0 Å². The molecule has 0 bridgehead atoms. The Bertz CT molecular complexity index is 609. The molecule has 24 heavy (non-hydrogen) atoms. The lowest BCUT2D eigenvalue weighted by Gasteiger charge is -2.40. The number of hydrogen-bond acceptors (Lipinski definition) is 4. The van der Waals surface area contributed by atoms with E-state index >= 15 is 0 Å². The number of nitrogens with zero attached hydrogens (tertiary/aromatic N) is 2. The molecular weight excluding hydrogens is 308 g/mol. The minimum atomic E-state index is -0.911. The third-order valence-corrected chi connectivity index (χ3v) is 4.04. The number of rotatable bonds is 3. The van der Waals surface area contributed by atoms with E-state index in [9.17, 15) is 14.7 Å². The summed E-state index contributed by atoms with van der Waals surface area (Å²) in [5, 5.41) is 9.30. The number of piperazine rings is 1. The van der Waals surface area contributed by atoms with Gasteiger partial charge in [-0.1, -0.05) is 18.2 Å². The molecule has 132 valence electrons. The topological polar surface area (TPSA) is 70.1 Å². The van der Waals surface area contributed by atoms with Crippen molar-refractivity contribution in [3.8, 4) is 0 Å². The summed E-state index contributed by atoms with van der Waals surface area (Å²) in [7, 11) is 0. The van der Waals surface area contributed by atoms with Gasteiger partial charge in [-0.3, -0.25) is 4.90 Å². The molecule has 1 fully saturated rings. The fourth-order valence-electron chi connectivity index (χ4n) is 2.81. The van der Waals surface area contributed by atoms with Crippen LogP contribution in [0.5, 0.6) is 0 Å². The lowest BCUT2D eigenvalue weighted by atomic mass is 10.1. The summed E-state index contributed by atoms with van der Waals surface area (Å²) in [6, 6.07) is 7.18. The maximum Gasteiger partial charge on any atom is 0.410 e. The van der Waals surface area contributed by atoms with Gasteiger partial charge in [0.1, 0.15) is 5.60 Å². The quantitative estimate of drug-likeness (QED) is 0.920. The standard InChI is InChI=1S/C18H26N2O4/c1-13-11-20(17(23)24-18(2,3)4)10-9-19(13)12-14-7-5-6-8-15(14)16(21)22/h5-8,13H,9-12H2,1-4H3,(H,21,22)/t13-/m1/s1. The van der Waals surface area contributed by atoms with Gasteiger partial charge in [-0.25, -0.2) is 9.59 Å². The summed E-state index contributed by atoms with van der Waals surface area (Å²) in [6.45, 7) is 10.0. The van der Waals surface area contributed by atoms with Gasteiger partial charge in [-0.15, -0.1) is 0 Å². The maximum atomic E-state index is 12.2. The summed E-state index contributed by atoms with van der Waals surface area (Å²) in [6.07, 6.45) is -0.292. The second kappa shape index (κ2) is 7.21. The molecule has 1 aliphatic heterocycles. The van der Waals surface area contributed by atoms with E-state index < -0.39 is 11.6 Å². The number of carbonyl (C=O) groups excluding carboxylic acids is 1. The summed E-state index contributed by atoms with van der Waals surface area (Å²) in [5.41, 5.74) is 0.625. The zero-order valence-corrected chi connectivity index (χ0v) is 14.8. The van der Waals surface area contributed by atoms with Gasteiger partial charge < -0.3 is 14.7 Å². The van der Waals surface area contributed by atoms with Crippen LogP contribution in [0.1, 0.15) is 43.6 Å². The van der Waals surface area contributed by atoms with Crippen molar-refractivity contribution in [1.29, 1.82) is 0 Å². The summed E-state index contributed by atoms with van der Waals surface area (Å²) < 4.78 is 5.42. The Morgan fingerprint density at radius 2 is 1.92 bits per heavy atom. The number of hydrogen-bond donors (Lipinski definition) is 1. The molecule has 1 N–H and O–H groups in total. The number of carbonyl (C=O) groups is 2. The lowest BCUT2D eigenvalue weighted by molar-refractivity contribution is 0.00459. The highest BCUT2D eigenvalue weighted by atomic mass is 16.6. The van der Waals surface area contributed by atoms with E-state index in [2.05, 4.69) is 4.90 Å². The van der Waals surface area contributed by atoms with E-state index in [4.69, 9.17) is 4.74 Å². The van der Waals surface area contributed by atoms with Gasteiger partial charge in [0.05, 0.1) is 5.56 Å². The fraction of sp³-hybridized carbons (Fsp3) is 0.556. The number of ether oxygens (including phenoxy) is 1. The van der Waals surface area contributed by atoms with Crippen molar-refractivity contribution in [1.82, 2.24) is 9.80 Å². The zero-order valence-electron chi connectivity index (χ0n) is 14.8. The Kier molecular flexibility index (Phi) is 5.49. The largest absolute Gasteiger partial charge is 0.478 e. The monoisotopic (exact) mass is 334 g/mol. The highest BCUT2D eigenvalue weighted by Crippen LogP contribution is 2.19. The average molecular weight is 334 g/mol. The number of carboxylic acids is 1. The molecule has 1 aliphatic rings. The van der Waals surface area contributed by atoms with Gasteiger partial charge in [0, 0.05) is 32.2 Å². The minimum Gasteiger partial charge on any atom is -0.478 e. The molecule has 1 atom stereocenters. The van der Waals surface area contributed by atoms with Gasteiger partial charge in [-0.05, 0) is 39.3 Å². The van der Waals surface area contributed by atoms with Crippen molar-refractivity contribution >= 4 is 12.1 Å². The average Bonchev–Trinajstić information content (AvgIpc) is 2.47. The second-order valence-corrected chi connectivity index (χ2v) is 7.21. The Hall–Kier alpha value is -2.08. The van der Waals surface area contributed by atoms with Gasteiger partial charge in [0.2, 0.25) is 0 Å². The van der Waals surface area contributed by atoms with E-state index in [0.717, 1.165) is 5.56 Å². The predicted octanol–water partition coefficient (Wildman–Crippen LogP) is 2.83. The molecule has 6 heteroatoms. The van der Waals surface area contributed by atoms with Crippen LogP contribution in [-0.2, 0) is 11.3 Å². The number of benzene rings is 1. The first-order chi connectivity index (χ1) is 11.2. The highest BCUT2D eigenvalue weighted by molar-refractivity contribution is 5.89. The van der Waals surface area contributed by atoms with Crippen molar-refractivity contribution in [2.75, 3.05) is 19.6 Å². The van der Waals surface area contributed by atoms with Crippen LogP contribution in [0, 0.1) is 0 Å². The van der Waals surface area contributed by atoms with E-state index in [1.165, 1.54) is 0 Å². The number of aromatic carboxylic acids is 1. The maximum absolute atomic E-state index is 12.2. The molecule has 1 aromatic carbocycles. The van der Waals surface area contributed by atoms with Crippen LogP contribution >= 0.6 is 0 Å². The smallest absolute Gasteiger partial charge is 0.410 e. The van der Waals surface area contributed by atoms with E-state index in [1.54, 1.807) is 17.0 Å². The Morgan fingerprint density at radius 1 is 1.25 bits per heavy atom. The highest BCUT2D eigenvalue weighted by Gasteiger charge is 2.30. The molecule has 1 heterocycles. The van der Waals surface area contributed by atoms with Crippen LogP contribution in [0.3, 0.4) is 0 Å². The molecule has 0 saturated carbocycles. The Balaban J connectivity index is 2.00. The van der Waals surface area contributed by atoms with Crippen molar-refractivity contribution in [3.63, 3.8) is 0 Å². The minimum absolute atomic E-state index is 0.133. The molecular formula is C18H26N2O4. The number of amides is 1. The van der Waals surface area contributed by atoms with Crippen LogP contribution in [0.25, 0.3) is 0 Å². The first-order valence-corrected chi connectivity index (χ1v) is 8.20. The van der Waals surface area contributed by atoms with E-state index in [-0.39, 0.29) is 12.1 Å². The summed E-state index contributed by atoms with van der Waals surface area (Å²) in [5.74, 6) is -0.911. The van der Waals surface area contributed by atoms with Crippen molar-refractivity contribution in [2.45, 2.75) is 45.9 Å². The molecule has 0 unspecified atom stereocenters. The molecule has 1 aromatic rings. The van der Waals surface area contributed by atoms with Crippen LogP contribution in [0.2, 0.25) is 0 Å².